The van der Waals surface area contributed by atoms with Crippen LogP contribution in [0.15, 0.2) is 42.5 Å². The minimum atomic E-state index is -0.512. The lowest BCUT2D eigenvalue weighted by atomic mass is 10.2. The molecule has 100 valence electrons. The van der Waals surface area contributed by atoms with Gasteiger partial charge in [0.15, 0.2) is 5.82 Å². The summed E-state index contributed by atoms with van der Waals surface area (Å²) in [5.74, 6) is -1.24. The van der Waals surface area contributed by atoms with Crippen LogP contribution in [-0.4, -0.2) is 16.1 Å². The molecule has 0 atom stereocenters. The van der Waals surface area contributed by atoms with Gasteiger partial charge in [0.05, 0.1) is 5.52 Å². The molecule has 6 heteroatoms. The van der Waals surface area contributed by atoms with E-state index in [1.54, 1.807) is 0 Å². The Labute approximate surface area is 112 Å². The predicted octanol–water partition coefficient (Wildman–Crippen LogP) is 3.09. The molecule has 3 rings (SSSR count). The molecule has 0 fully saturated rings. The first-order valence-electron chi connectivity index (χ1n) is 5.84. The lowest BCUT2D eigenvalue weighted by Crippen LogP contribution is -2.12. The normalized spacial score (nSPS) is 10.7. The summed E-state index contributed by atoms with van der Waals surface area (Å²) in [5.41, 5.74) is 0.762. The monoisotopic (exact) mass is 273 g/mol. The van der Waals surface area contributed by atoms with Crippen LogP contribution in [0.4, 0.5) is 14.6 Å². The number of fused-ring (bicyclic) bond motifs is 1. The molecule has 0 radical (unpaired) electrons. The summed E-state index contributed by atoms with van der Waals surface area (Å²) in [7, 11) is 0. The van der Waals surface area contributed by atoms with Gasteiger partial charge in [-0.15, -0.1) is 0 Å². The molecule has 3 aromatic rings. The van der Waals surface area contributed by atoms with Crippen molar-refractivity contribution in [3.8, 4) is 0 Å². The Hall–Kier alpha value is -2.76. The molecule has 0 bridgehead atoms. The van der Waals surface area contributed by atoms with Crippen LogP contribution >= 0.6 is 0 Å². The number of aromatic nitrogens is 2. The zero-order valence-electron chi connectivity index (χ0n) is 10.2. The molecular weight excluding hydrogens is 264 g/mol. The number of nitrogens with one attached hydrogen (secondary N) is 2. The molecule has 1 amide bonds. The number of aromatic amines is 1. The van der Waals surface area contributed by atoms with Gasteiger partial charge in [-0.25, -0.2) is 8.78 Å². The van der Waals surface area contributed by atoms with Crippen molar-refractivity contribution in [2.45, 2.75) is 0 Å². The Balaban J connectivity index is 1.93. The van der Waals surface area contributed by atoms with Crippen molar-refractivity contribution in [3.63, 3.8) is 0 Å². The second-order valence-electron chi connectivity index (χ2n) is 4.23. The fourth-order valence-corrected chi connectivity index (χ4v) is 1.89. The average molecular weight is 273 g/mol. The highest BCUT2D eigenvalue weighted by atomic mass is 19.1. The number of H-pyrrole nitrogens is 1. The van der Waals surface area contributed by atoms with Gasteiger partial charge in [-0.1, -0.05) is 6.07 Å². The molecule has 2 N–H and O–H groups in total. The first kappa shape index (κ1) is 12.3. The summed E-state index contributed by atoms with van der Waals surface area (Å²) in [6, 6.07) is 9.36. The van der Waals surface area contributed by atoms with Gasteiger partial charge in [-0.3, -0.25) is 9.89 Å². The molecule has 0 aliphatic heterocycles. The number of carbonyl (C=O) groups excluding carboxylic acids is 1. The number of amides is 1. The van der Waals surface area contributed by atoms with Crippen LogP contribution in [0.5, 0.6) is 0 Å². The van der Waals surface area contributed by atoms with Crippen LogP contribution in [0.2, 0.25) is 0 Å². The van der Waals surface area contributed by atoms with Gasteiger partial charge in [-0.05, 0) is 36.4 Å². The Morgan fingerprint density at radius 1 is 1.10 bits per heavy atom. The molecule has 0 saturated carbocycles. The maximum Gasteiger partial charge on any atom is 0.256 e. The zero-order valence-corrected chi connectivity index (χ0v) is 10.2. The molecule has 1 aromatic heterocycles. The molecule has 20 heavy (non-hydrogen) atoms. The zero-order chi connectivity index (χ0) is 14.1. The summed E-state index contributed by atoms with van der Waals surface area (Å²) < 4.78 is 26.3. The molecule has 0 unspecified atom stereocenters. The highest BCUT2D eigenvalue weighted by molar-refractivity contribution is 6.07. The highest BCUT2D eigenvalue weighted by Gasteiger charge is 2.12. The van der Waals surface area contributed by atoms with Crippen molar-refractivity contribution in [3.05, 3.63) is 59.7 Å². The van der Waals surface area contributed by atoms with Crippen LogP contribution in [0, 0.1) is 11.6 Å². The number of carbonyl (C=O) groups is 1. The van der Waals surface area contributed by atoms with Gasteiger partial charge in [0.1, 0.15) is 11.6 Å². The third kappa shape index (κ3) is 2.23. The standard InChI is InChI=1S/C14H9F2N3O/c15-9-3-1-2-8(6-9)14(20)17-13-11-7-10(16)4-5-12(11)18-19-13/h1-7H,(H2,17,18,19,20). The van der Waals surface area contributed by atoms with Crippen LogP contribution in [0.1, 0.15) is 10.4 Å². The number of nitrogens with zero attached hydrogens (tertiary/aromatic N) is 1. The molecule has 0 spiro atoms. The third-order valence-corrected chi connectivity index (χ3v) is 2.84. The summed E-state index contributed by atoms with van der Waals surface area (Å²) in [4.78, 5) is 12.0. The Morgan fingerprint density at radius 2 is 1.90 bits per heavy atom. The predicted molar refractivity (Wildman–Crippen MR) is 70.4 cm³/mol. The van der Waals surface area contributed by atoms with Gasteiger partial charge < -0.3 is 5.32 Å². The van der Waals surface area contributed by atoms with Crippen LogP contribution < -0.4 is 5.32 Å². The van der Waals surface area contributed by atoms with Gasteiger partial charge >= 0.3 is 0 Å². The van der Waals surface area contributed by atoms with E-state index in [1.807, 2.05) is 0 Å². The largest absolute Gasteiger partial charge is 0.305 e. The minimum Gasteiger partial charge on any atom is -0.305 e. The van der Waals surface area contributed by atoms with E-state index in [4.69, 9.17) is 0 Å². The molecule has 0 saturated heterocycles. The van der Waals surface area contributed by atoms with Crippen LogP contribution in [0.25, 0.3) is 10.9 Å². The van der Waals surface area contributed by atoms with E-state index in [0.29, 0.717) is 10.9 Å². The fraction of sp³-hybridized carbons (Fsp3) is 0. The lowest BCUT2D eigenvalue weighted by Gasteiger charge is -2.02. The second-order valence-corrected chi connectivity index (χ2v) is 4.23. The average Bonchev–Trinajstić information content (AvgIpc) is 2.81. The van der Waals surface area contributed by atoms with E-state index in [9.17, 15) is 13.6 Å². The Morgan fingerprint density at radius 3 is 2.70 bits per heavy atom. The molecule has 0 aliphatic carbocycles. The molecule has 0 aliphatic rings. The van der Waals surface area contributed by atoms with E-state index in [2.05, 4.69) is 15.5 Å². The maximum absolute atomic E-state index is 13.2. The van der Waals surface area contributed by atoms with Crippen molar-refractivity contribution >= 4 is 22.6 Å². The molecule has 2 aromatic carbocycles. The summed E-state index contributed by atoms with van der Waals surface area (Å²) in [5, 5.41) is 9.56. The topological polar surface area (TPSA) is 57.8 Å². The first-order valence-corrected chi connectivity index (χ1v) is 5.84. The number of hydrogen-bond donors (Lipinski definition) is 2. The van der Waals surface area contributed by atoms with Gasteiger partial charge in [0, 0.05) is 10.9 Å². The third-order valence-electron chi connectivity index (χ3n) is 2.84. The summed E-state index contributed by atoms with van der Waals surface area (Å²) in [6.45, 7) is 0. The van der Waals surface area contributed by atoms with Crippen molar-refractivity contribution in [2.75, 3.05) is 5.32 Å². The summed E-state index contributed by atoms with van der Waals surface area (Å²) in [6.07, 6.45) is 0. The van der Waals surface area contributed by atoms with Crippen molar-refractivity contribution in [2.24, 2.45) is 0 Å². The quantitative estimate of drug-likeness (QED) is 0.753. The minimum absolute atomic E-state index is 0.164. The maximum atomic E-state index is 13.2. The number of benzene rings is 2. The number of rotatable bonds is 2. The number of hydrogen-bond acceptors (Lipinski definition) is 2. The van der Waals surface area contributed by atoms with Crippen molar-refractivity contribution in [1.82, 2.24) is 10.2 Å². The molecule has 1 heterocycles. The van der Waals surface area contributed by atoms with E-state index in [-0.39, 0.29) is 11.4 Å². The van der Waals surface area contributed by atoms with E-state index < -0.39 is 17.5 Å². The van der Waals surface area contributed by atoms with E-state index in [1.165, 1.54) is 36.4 Å². The van der Waals surface area contributed by atoms with E-state index in [0.717, 1.165) is 6.07 Å². The SMILES string of the molecule is O=C(Nc1n[nH]c2ccc(F)cc12)c1cccc(F)c1. The van der Waals surface area contributed by atoms with Gasteiger partial charge in [0.25, 0.3) is 5.91 Å². The van der Waals surface area contributed by atoms with Crippen molar-refractivity contribution < 1.29 is 13.6 Å². The molecule has 4 nitrogen and oxygen atoms in total. The summed E-state index contributed by atoms with van der Waals surface area (Å²) >= 11 is 0. The highest BCUT2D eigenvalue weighted by Crippen LogP contribution is 2.21. The first-order chi connectivity index (χ1) is 9.63. The Bertz CT molecular complexity index is 798. The fourth-order valence-electron chi connectivity index (χ4n) is 1.89. The number of anilines is 1. The smallest absolute Gasteiger partial charge is 0.256 e. The molecular formula is C14H9F2N3O. The second kappa shape index (κ2) is 4.73. The van der Waals surface area contributed by atoms with Crippen LogP contribution in [0.3, 0.4) is 0 Å². The van der Waals surface area contributed by atoms with Gasteiger partial charge in [-0.2, -0.15) is 5.10 Å². The van der Waals surface area contributed by atoms with E-state index >= 15 is 0 Å². The Kier molecular flexibility index (Phi) is 2.90. The van der Waals surface area contributed by atoms with Gasteiger partial charge in [0.2, 0.25) is 0 Å². The van der Waals surface area contributed by atoms with Crippen molar-refractivity contribution in [1.29, 1.82) is 0 Å². The van der Waals surface area contributed by atoms with Crippen LogP contribution in [-0.2, 0) is 0 Å². The number of halogens is 2. The lowest BCUT2D eigenvalue weighted by molar-refractivity contribution is 0.102.